The van der Waals surface area contributed by atoms with Crippen LogP contribution in [-0.4, -0.2) is 80.6 Å². The molecule has 2 heterocycles. The number of aliphatic hydroxyl groups is 4. The molecular weight excluding hydrogens is 460 g/mol. The average molecular weight is 495 g/mol. The fourth-order valence-corrected chi connectivity index (χ4v) is 8.12. The Labute approximate surface area is 203 Å². The fraction of sp³-hybridized carbons (Fsp3) is 0.800. The number of carbonyl (C=O) groups excluding carboxylic acids is 3. The smallest absolute Gasteiger partial charge is 0.348 e. The van der Waals surface area contributed by atoms with Crippen molar-refractivity contribution in [3.8, 4) is 0 Å². The minimum Gasteiger partial charge on any atom is -0.459 e. The molecule has 1 unspecified atom stereocenters. The largest absolute Gasteiger partial charge is 0.459 e. The quantitative estimate of drug-likeness (QED) is 0.389. The third-order valence-electron chi connectivity index (χ3n) is 9.99. The number of hydrogen-bond donors (Lipinski definition) is 4. The predicted molar refractivity (Wildman–Crippen MR) is 117 cm³/mol. The minimum atomic E-state index is -2.12. The molecule has 4 fully saturated rings. The first-order chi connectivity index (χ1) is 16.2. The van der Waals surface area contributed by atoms with Gasteiger partial charge in [0.2, 0.25) is 6.10 Å². The number of ether oxygens (including phenoxy) is 3. The zero-order chi connectivity index (χ0) is 25.9. The number of esters is 2. The Bertz CT molecular complexity index is 1020. The summed E-state index contributed by atoms with van der Waals surface area (Å²) in [6.45, 7) is 7.88. The zero-order valence-electron chi connectivity index (χ0n) is 20.6. The van der Waals surface area contributed by atoms with Gasteiger partial charge in [0.1, 0.15) is 18.3 Å². The van der Waals surface area contributed by atoms with Crippen LogP contribution in [0.1, 0.15) is 47.5 Å². The molecular formula is C25H34O10. The Hall–Kier alpha value is -1.85. The van der Waals surface area contributed by atoms with Crippen molar-refractivity contribution in [2.45, 2.75) is 83.3 Å². The molecule has 10 heteroatoms. The monoisotopic (exact) mass is 494 g/mol. The Morgan fingerprint density at radius 3 is 2.60 bits per heavy atom. The summed E-state index contributed by atoms with van der Waals surface area (Å²) in [4.78, 5) is 38.8. The molecule has 2 saturated carbocycles. The van der Waals surface area contributed by atoms with Crippen molar-refractivity contribution in [1.82, 2.24) is 0 Å². The second-order valence-electron chi connectivity index (χ2n) is 11.6. The minimum absolute atomic E-state index is 0.0510. The Morgan fingerprint density at radius 1 is 1.31 bits per heavy atom. The van der Waals surface area contributed by atoms with Crippen LogP contribution in [0.2, 0.25) is 0 Å². The molecule has 2 bridgehead atoms. The van der Waals surface area contributed by atoms with E-state index >= 15 is 0 Å². The van der Waals surface area contributed by atoms with Crippen LogP contribution in [0.4, 0.5) is 0 Å². The van der Waals surface area contributed by atoms with Crippen LogP contribution in [0.15, 0.2) is 11.6 Å². The van der Waals surface area contributed by atoms with Gasteiger partial charge in [0.05, 0.1) is 6.61 Å². The van der Waals surface area contributed by atoms with Crippen molar-refractivity contribution in [2.24, 2.45) is 34.5 Å². The van der Waals surface area contributed by atoms with Gasteiger partial charge in [-0.25, -0.2) is 9.59 Å². The summed E-state index contributed by atoms with van der Waals surface area (Å²) in [5.74, 6) is -7.47. The molecule has 2 aliphatic heterocycles. The number of allylic oxidation sites excluding steroid dienone is 1. The maximum absolute atomic E-state index is 13.3. The summed E-state index contributed by atoms with van der Waals surface area (Å²) in [5.41, 5.74) is -3.54. The van der Waals surface area contributed by atoms with E-state index in [2.05, 4.69) is 0 Å². The molecule has 3 aliphatic carbocycles. The van der Waals surface area contributed by atoms with Gasteiger partial charge < -0.3 is 34.6 Å². The van der Waals surface area contributed by atoms with Crippen molar-refractivity contribution < 1.29 is 49.0 Å². The van der Waals surface area contributed by atoms with Crippen LogP contribution in [0, 0.1) is 34.5 Å². The summed E-state index contributed by atoms with van der Waals surface area (Å²) in [5, 5.41) is 44.8. The van der Waals surface area contributed by atoms with E-state index in [1.165, 1.54) is 13.0 Å². The molecule has 5 rings (SSSR count). The summed E-state index contributed by atoms with van der Waals surface area (Å²) in [7, 11) is 0. The van der Waals surface area contributed by atoms with Crippen LogP contribution < -0.4 is 0 Å². The van der Waals surface area contributed by atoms with E-state index in [0.717, 1.165) is 0 Å². The number of ketones is 1. The van der Waals surface area contributed by atoms with Crippen molar-refractivity contribution >= 4 is 17.7 Å². The Morgan fingerprint density at radius 2 is 1.97 bits per heavy atom. The van der Waals surface area contributed by atoms with Gasteiger partial charge in [-0.2, -0.15) is 0 Å². The summed E-state index contributed by atoms with van der Waals surface area (Å²) >= 11 is 0. The van der Waals surface area contributed by atoms with E-state index in [9.17, 15) is 34.8 Å². The highest BCUT2D eigenvalue weighted by Gasteiger charge is 2.83. The second-order valence-corrected chi connectivity index (χ2v) is 11.6. The van der Waals surface area contributed by atoms with Gasteiger partial charge in [0.15, 0.2) is 17.2 Å². The standard InChI is InChI=1S/C25H34O10/c1-6-22(4,31)21(30)35-16-15-11(3)17(27)25(32)20-23(5)12(10(2)7-13(26)18(23)28)8-14(34-19(16)29)24(15,20)9-33-25/h7,11-12,14-18,20,27-28,31-32H,6,8-9H2,1-5H3/t11-,12+,14-,15-,16-,17-,18-,20-,22+,23-,24+,25?/m1/s1. The second kappa shape index (κ2) is 7.35. The molecule has 0 amide bonds. The fourth-order valence-electron chi connectivity index (χ4n) is 8.12. The number of rotatable bonds is 3. The molecule has 10 nitrogen and oxygen atoms in total. The highest BCUT2D eigenvalue weighted by molar-refractivity contribution is 5.96. The third kappa shape index (κ3) is 2.80. The first kappa shape index (κ1) is 24.8. The van der Waals surface area contributed by atoms with Crippen LogP contribution in [0.5, 0.6) is 0 Å². The van der Waals surface area contributed by atoms with Gasteiger partial charge in [0, 0.05) is 22.7 Å². The lowest BCUT2D eigenvalue weighted by molar-refractivity contribution is -0.340. The first-order valence-corrected chi connectivity index (χ1v) is 12.3. The molecule has 0 aromatic rings. The van der Waals surface area contributed by atoms with Gasteiger partial charge >= 0.3 is 11.9 Å². The number of fused-ring (bicyclic) bond motifs is 1. The van der Waals surface area contributed by atoms with E-state index < -0.39 is 88.0 Å². The van der Waals surface area contributed by atoms with E-state index in [1.807, 2.05) is 0 Å². The number of hydrogen-bond acceptors (Lipinski definition) is 10. The SMILES string of the molecule is CC[C@](C)(O)C(=O)O[C@H]1C(=O)O[C@@H]2C[C@H]3C(C)=CC(=O)[C@@H](O)[C@]3(C)[C@H]3C4(O)OC[C@]32[C@@H]1[C@@H](C)[C@H]4O. The van der Waals surface area contributed by atoms with Crippen molar-refractivity contribution in [3.05, 3.63) is 11.6 Å². The lowest BCUT2D eigenvalue weighted by Gasteiger charge is -2.68. The van der Waals surface area contributed by atoms with Crippen LogP contribution in [0.25, 0.3) is 0 Å². The molecule has 0 aromatic heterocycles. The van der Waals surface area contributed by atoms with Crippen molar-refractivity contribution in [1.29, 1.82) is 0 Å². The highest BCUT2D eigenvalue weighted by Crippen LogP contribution is 2.73. The lowest BCUT2D eigenvalue weighted by atomic mass is 9.38. The molecule has 1 spiro atoms. The lowest BCUT2D eigenvalue weighted by Crippen LogP contribution is -2.78. The maximum Gasteiger partial charge on any atom is 0.348 e. The van der Waals surface area contributed by atoms with Gasteiger partial charge in [-0.15, -0.1) is 0 Å². The molecule has 12 atom stereocenters. The van der Waals surface area contributed by atoms with E-state index in [0.29, 0.717) is 5.57 Å². The summed E-state index contributed by atoms with van der Waals surface area (Å²) < 4.78 is 17.4. The zero-order valence-corrected chi connectivity index (χ0v) is 20.6. The normalized spacial score (nSPS) is 52.0. The van der Waals surface area contributed by atoms with Crippen LogP contribution in [0.3, 0.4) is 0 Å². The Kier molecular flexibility index (Phi) is 5.21. The topological polar surface area (TPSA) is 160 Å². The molecule has 4 N–H and O–H groups in total. The van der Waals surface area contributed by atoms with Crippen molar-refractivity contribution in [2.75, 3.05) is 6.61 Å². The average Bonchev–Trinajstić information content (AvgIpc) is 3.08. The highest BCUT2D eigenvalue weighted by atomic mass is 16.7. The van der Waals surface area contributed by atoms with Crippen LogP contribution >= 0.6 is 0 Å². The van der Waals surface area contributed by atoms with Gasteiger partial charge in [-0.3, -0.25) is 4.79 Å². The third-order valence-corrected chi connectivity index (χ3v) is 9.99. The van der Waals surface area contributed by atoms with E-state index in [-0.39, 0.29) is 19.4 Å². The molecule has 35 heavy (non-hydrogen) atoms. The number of carbonyl (C=O) groups is 3. The van der Waals surface area contributed by atoms with Crippen molar-refractivity contribution in [3.63, 3.8) is 0 Å². The van der Waals surface area contributed by atoms with Gasteiger partial charge in [-0.1, -0.05) is 26.3 Å². The van der Waals surface area contributed by atoms with Gasteiger partial charge in [0.25, 0.3) is 0 Å². The molecule has 2 saturated heterocycles. The Balaban J connectivity index is 1.69. The number of aliphatic hydroxyl groups excluding tert-OH is 2. The molecule has 194 valence electrons. The van der Waals surface area contributed by atoms with E-state index in [1.54, 1.807) is 27.7 Å². The molecule has 5 aliphatic rings. The summed E-state index contributed by atoms with van der Waals surface area (Å²) in [6.07, 6.45) is -3.51. The van der Waals surface area contributed by atoms with Gasteiger partial charge in [-0.05, 0) is 44.6 Å². The van der Waals surface area contributed by atoms with Crippen LogP contribution in [-0.2, 0) is 28.6 Å². The summed E-state index contributed by atoms with van der Waals surface area (Å²) in [6, 6.07) is 0. The molecule has 0 radical (unpaired) electrons. The molecule has 0 aromatic carbocycles. The predicted octanol–water partition coefficient (Wildman–Crippen LogP) is -0.151. The first-order valence-electron chi connectivity index (χ1n) is 12.3. The van der Waals surface area contributed by atoms with E-state index in [4.69, 9.17) is 14.2 Å². The maximum atomic E-state index is 13.3.